The largest absolute Gasteiger partial charge is 0.310 e. The lowest BCUT2D eigenvalue weighted by Crippen LogP contribution is -2.41. The van der Waals surface area contributed by atoms with Crippen molar-refractivity contribution in [2.45, 2.75) is 26.4 Å². The summed E-state index contributed by atoms with van der Waals surface area (Å²) >= 11 is 0. The van der Waals surface area contributed by atoms with Gasteiger partial charge in [-0.2, -0.15) is 0 Å². The van der Waals surface area contributed by atoms with Gasteiger partial charge in [0.1, 0.15) is 6.33 Å². The number of rotatable bonds is 6. The zero-order valence-electron chi connectivity index (χ0n) is 10.6. The lowest BCUT2D eigenvalue weighted by atomic mass is 10.0. The normalized spacial score (nSPS) is 13.4. The van der Waals surface area contributed by atoms with E-state index in [-0.39, 0.29) is 0 Å². The smallest absolute Gasteiger partial charge is 0.115 e. The van der Waals surface area contributed by atoms with Crippen LogP contribution in [-0.2, 0) is 6.54 Å². The van der Waals surface area contributed by atoms with Crippen molar-refractivity contribution in [3.8, 4) is 0 Å². The molecule has 4 heteroatoms. The van der Waals surface area contributed by atoms with E-state index in [0.29, 0.717) is 12.0 Å². The molecule has 1 aromatic heterocycles. The molecule has 0 aromatic carbocycles. The first-order valence-electron chi connectivity index (χ1n) is 5.73. The van der Waals surface area contributed by atoms with Gasteiger partial charge in [0, 0.05) is 25.3 Å². The van der Waals surface area contributed by atoms with E-state index in [1.54, 1.807) is 12.5 Å². The van der Waals surface area contributed by atoms with Gasteiger partial charge in [0.2, 0.25) is 0 Å². The summed E-state index contributed by atoms with van der Waals surface area (Å²) in [6.07, 6.45) is 3.36. The van der Waals surface area contributed by atoms with Crippen molar-refractivity contribution in [1.82, 2.24) is 20.2 Å². The van der Waals surface area contributed by atoms with Gasteiger partial charge in [-0.25, -0.2) is 9.97 Å². The summed E-state index contributed by atoms with van der Waals surface area (Å²) in [5.74, 6) is 0.646. The third-order valence-corrected chi connectivity index (χ3v) is 2.74. The molecule has 1 rings (SSSR count). The Bertz CT molecular complexity index is 276. The SMILES string of the molecule is CC(C)C(CNCc1ccncn1)N(C)C. The highest BCUT2D eigenvalue weighted by Gasteiger charge is 2.14. The zero-order valence-corrected chi connectivity index (χ0v) is 10.6. The summed E-state index contributed by atoms with van der Waals surface area (Å²) in [5.41, 5.74) is 1.04. The van der Waals surface area contributed by atoms with Crippen molar-refractivity contribution in [2.24, 2.45) is 5.92 Å². The Labute approximate surface area is 98.1 Å². The molecule has 16 heavy (non-hydrogen) atoms. The van der Waals surface area contributed by atoms with E-state index in [0.717, 1.165) is 18.8 Å². The molecule has 1 aromatic rings. The Morgan fingerprint density at radius 2 is 2.12 bits per heavy atom. The van der Waals surface area contributed by atoms with Gasteiger partial charge in [0.05, 0.1) is 5.69 Å². The minimum absolute atomic E-state index is 0.557. The molecule has 0 bridgehead atoms. The third-order valence-electron chi connectivity index (χ3n) is 2.74. The second-order valence-corrected chi connectivity index (χ2v) is 4.61. The van der Waals surface area contributed by atoms with E-state index in [9.17, 15) is 0 Å². The molecule has 0 aliphatic heterocycles. The molecule has 0 saturated heterocycles. The first kappa shape index (κ1) is 13.1. The second kappa shape index (κ2) is 6.55. The van der Waals surface area contributed by atoms with E-state index in [1.807, 2.05) is 6.07 Å². The molecule has 1 atom stereocenters. The van der Waals surface area contributed by atoms with Crippen LogP contribution in [0.4, 0.5) is 0 Å². The Morgan fingerprint density at radius 1 is 1.38 bits per heavy atom. The highest BCUT2D eigenvalue weighted by molar-refractivity contribution is 4.97. The molecule has 0 fully saturated rings. The van der Waals surface area contributed by atoms with Crippen LogP contribution in [0, 0.1) is 5.92 Å². The standard InChI is InChI=1S/C12H22N4/c1-10(2)12(16(3)4)8-14-7-11-5-6-13-9-15-11/h5-6,9-10,12,14H,7-8H2,1-4H3. The molecule has 1 N–H and O–H groups in total. The van der Waals surface area contributed by atoms with Crippen LogP contribution in [0.5, 0.6) is 0 Å². The van der Waals surface area contributed by atoms with Crippen molar-refractivity contribution in [1.29, 1.82) is 0 Å². The van der Waals surface area contributed by atoms with Crippen LogP contribution >= 0.6 is 0 Å². The van der Waals surface area contributed by atoms with E-state index in [2.05, 4.69) is 48.1 Å². The molecule has 0 radical (unpaired) electrons. The van der Waals surface area contributed by atoms with Crippen LogP contribution < -0.4 is 5.32 Å². The van der Waals surface area contributed by atoms with Gasteiger partial charge < -0.3 is 10.2 Å². The van der Waals surface area contributed by atoms with E-state index in [4.69, 9.17) is 0 Å². The molecule has 0 amide bonds. The molecule has 4 nitrogen and oxygen atoms in total. The summed E-state index contributed by atoms with van der Waals surface area (Å²) in [7, 11) is 4.24. The van der Waals surface area contributed by atoms with Crippen LogP contribution in [0.3, 0.4) is 0 Å². The second-order valence-electron chi connectivity index (χ2n) is 4.61. The number of nitrogens with zero attached hydrogens (tertiary/aromatic N) is 3. The highest BCUT2D eigenvalue weighted by Crippen LogP contribution is 2.06. The Hall–Kier alpha value is -1.00. The van der Waals surface area contributed by atoms with Crippen LogP contribution in [0.15, 0.2) is 18.6 Å². The van der Waals surface area contributed by atoms with E-state index >= 15 is 0 Å². The van der Waals surface area contributed by atoms with Crippen molar-refractivity contribution < 1.29 is 0 Å². The first-order valence-corrected chi connectivity index (χ1v) is 5.73. The fraction of sp³-hybridized carbons (Fsp3) is 0.667. The molecule has 0 spiro atoms. The van der Waals surface area contributed by atoms with Gasteiger partial charge in [0.15, 0.2) is 0 Å². The lowest BCUT2D eigenvalue weighted by Gasteiger charge is -2.28. The van der Waals surface area contributed by atoms with Crippen LogP contribution in [0.25, 0.3) is 0 Å². The van der Waals surface area contributed by atoms with Gasteiger partial charge in [-0.15, -0.1) is 0 Å². The van der Waals surface area contributed by atoms with Crippen molar-refractivity contribution >= 4 is 0 Å². The van der Waals surface area contributed by atoms with E-state index in [1.165, 1.54) is 0 Å². The van der Waals surface area contributed by atoms with Crippen LogP contribution in [0.2, 0.25) is 0 Å². The Morgan fingerprint density at radius 3 is 2.62 bits per heavy atom. The van der Waals surface area contributed by atoms with Gasteiger partial charge in [-0.05, 0) is 26.1 Å². The summed E-state index contributed by atoms with van der Waals surface area (Å²) in [5, 5.41) is 3.43. The molecule has 0 aliphatic carbocycles. The van der Waals surface area contributed by atoms with Gasteiger partial charge >= 0.3 is 0 Å². The summed E-state index contributed by atoms with van der Waals surface area (Å²) in [6.45, 7) is 6.28. The predicted octanol–water partition coefficient (Wildman–Crippen LogP) is 1.15. The van der Waals surface area contributed by atoms with Gasteiger partial charge in [-0.1, -0.05) is 13.8 Å². The van der Waals surface area contributed by atoms with Gasteiger partial charge in [0.25, 0.3) is 0 Å². The molecule has 1 unspecified atom stereocenters. The van der Waals surface area contributed by atoms with Crippen LogP contribution in [-0.4, -0.2) is 41.5 Å². The third kappa shape index (κ3) is 4.24. The fourth-order valence-corrected chi connectivity index (χ4v) is 1.79. The molecule has 90 valence electrons. The first-order chi connectivity index (χ1) is 7.61. The van der Waals surface area contributed by atoms with Gasteiger partial charge in [-0.3, -0.25) is 0 Å². The maximum absolute atomic E-state index is 4.18. The zero-order chi connectivity index (χ0) is 12.0. The van der Waals surface area contributed by atoms with E-state index < -0.39 is 0 Å². The Balaban J connectivity index is 2.34. The minimum Gasteiger partial charge on any atom is -0.310 e. The summed E-state index contributed by atoms with van der Waals surface area (Å²) in [4.78, 5) is 10.3. The minimum atomic E-state index is 0.557. The molecular formula is C12H22N4. The monoisotopic (exact) mass is 222 g/mol. The fourth-order valence-electron chi connectivity index (χ4n) is 1.79. The maximum atomic E-state index is 4.18. The molecular weight excluding hydrogens is 200 g/mol. The molecule has 1 heterocycles. The maximum Gasteiger partial charge on any atom is 0.115 e. The van der Waals surface area contributed by atoms with Crippen molar-refractivity contribution in [3.63, 3.8) is 0 Å². The topological polar surface area (TPSA) is 41.1 Å². The average Bonchev–Trinajstić information content (AvgIpc) is 2.24. The number of hydrogen-bond acceptors (Lipinski definition) is 4. The Kier molecular flexibility index (Phi) is 5.35. The summed E-state index contributed by atoms with van der Waals surface area (Å²) in [6, 6.07) is 2.49. The number of likely N-dealkylation sites (N-methyl/N-ethyl adjacent to an activating group) is 1. The predicted molar refractivity (Wildman–Crippen MR) is 66.1 cm³/mol. The van der Waals surface area contributed by atoms with Crippen molar-refractivity contribution in [3.05, 3.63) is 24.3 Å². The lowest BCUT2D eigenvalue weighted by molar-refractivity contribution is 0.224. The molecule has 0 aliphatic rings. The molecule has 0 saturated carbocycles. The number of aromatic nitrogens is 2. The van der Waals surface area contributed by atoms with Crippen LogP contribution in [0.1, 0.15) is 19.5 Å². The average molecular weight is 222 g/mol. The quantitative estimate of drug-likeness (QED) is 0.784. The number of nitrogens with one attached hydrogen (secondary N) is 1. The van der Waals surface area contributed by atoms with Crippen molar-refractivity contribution in [2.75, 3.05) is 20.6 Å². The number of hydrogen-bond donors (Lipinski definition) is 1. The highest BCUT2D eigenvalue weighted by atomic mass is 15.1. The summed E-state index contributed by atoms with van der Waals surface area (Å²) < 4.78 is 0.